The Morgan fingerprint density at radius 2 is 2.00 bits per heavy atom. The molecule has 0 fully saturated rings. The maximum Gasteiger partial charge on any atom is 0.226 e. The summed E-state index contributed by atoms with van der Waals surface area (Å²) in [7, 11) is 0. The van der Waals surface area contributed by atoms with E-state index in [1.54, 1.807) is 13.0 Å². The molecule has 1 N–H and O–H groups in total. The fourth-order valence-electron chi connectivity index (χ4n) is 1.58. The van der Waals surface area contributed by atoms with Crippen molar-refractivity contribution in [3.63, 3.8) is 0 Å². The number of aromatic nitrogens is 2. The number of rotatable bonds is 5. The second kappa shape index (κ2) is 6.27. The molecule has 2 rings (SSSR count). The van der Waals surface area contributed by atoms with Gasteiger partial charge in [0.1, 0.15) is 5.82 Å². The molecule has 2 aromatic rings. The van der Waals surface area contributed by atoms with Crippen LogP contribution < -0.4 is 10.1 Å². The third-order valence-electron chi connectivity index (χ3n) is 2.47. The number of nitrogens with one attached hydrogen (secondary N) is 1. The number of halogens is 2. The van der Waals surface area contributed by atoms with Gasteiger partial charge in [0, 0.05) is 24.4 Å². The van der Waals surface area contributed by atoms with E-state index in [1.165, 1.54) is 6.07 Å². The minimum absolute atomic E-state index is 0.0778. The minimum atomic E-state index is -0.774. The average molecular weight is 279 g/mol. The molecule has 6 heteroatoms. The van der Waals surface area contributed by atoms with Gasteiger partial charge in [0.2, 0.25) is 11.8 Å². The van der Waals surface area contributed by atoms with Crippen molar-refractivity contribution in [3.05, 3.63) is 41.6 Å². The molecule has 0 bridgehead atoms. The summed E-state index contributed by atoms with van der Waals surface area (Å²) < 4.78 is 31.7. The van der Waals surface area contributed by atoms with Crippen LogP contribution in [0.25, 0.3) is 0 Å². The number of anilines is 1. The molecule has 0 saturated heterocycles. The molecule has 0 saturated carbocycles. The van der Waals surface area contributed by atoms with E-state index in [-0.39, 0.29) is 11.6 Å². The Morgan fingerprint density at radius 3 is 2.70 bits per heavy atom. The molecule has 1 aromatic carbocycles. The van der Waals surface area contributed by atoms with E-state index in [0.29, 0.717) is 11.6 Å². The van der Waals surface area contributed by atoms with Crippen LogP contribution in [-0.4, -0.2) is 16.5 Å². The maximum atomic E-state index is 13.5. The predicted molar refractivity (Wildman–Crippen MR) is 72.0 cm³/mol. The fourth-order valence-corrected chi connectivity index (χ4v) is 1.58. The number of ether oxygens (including phenoxy) is 1. The van der Waals surface area contributed by atoms with Crippen LogP contribution in [0.5, 0.6) is 11.6 Å². The van der Waals surface area contributed by atoms with Gasteiger partial charge < -0.3 is 10.1 Å². The summed E-state index contributed by atoms with van der Waals surface area (Å²) in [5.41, 5.74) is 0.691. The molecule has 0 amide bonds. The lowest BCUT2D eigenvalue weighted by Gasteiger charge is -2.09. The van der Waals surface area contributed by atoms with Crippen LogP contribution in [0, 0.1) is 18.6 Å². The monoisotopic (exact) mass is 279 g/mol. The summed E-state index contributed by atoms with van der Waals surface area (Å²) in [6.45, 7) is 4.54. The zero-order valence-corrected chi connectivity index (χ0v) is 11.3. The van der Waals surface area contributed by atoms with Gasteiger partial charge in [-0.25, -0.2) is 13.8 Å². The Bertz CT molecular complexity index is 605. The summed E-state index contributed by atoms with van der Waals surface area (Å²) in [6.07, 6.45) is 0.931. The summed E-state index contributed by atoms with van der Waals surface area (Å²) >= 11 is 0. The molecule has 0 unspecified atom stereocenters. The SMILES string of the molecule is CCCNc1nc(C)cc(Oc2ccc(F)cc2F)n1. The quantitative estimate of drug-likeness (QED) is 0.907. The largest absolute Gasteiger partial charge is 0.436 e. The molecule has 1 aromatic heterocycles. The second-order valence-corrected chi connectivity index (χ2v) is 4.27. The zero-order chi connectivity index (χ0) is 14.5. The van der Waals surface area contributed by atoms with Crippen molar-refractivity contribution in [3.8, 4) is 11.6 Å². The summed E-state index contributed by atoms with van der Waals surface area (Å²) in [4.78, 5) is 8.32. The highest BCUT2D eigenvalue weighted by Gasteiger charge is 2.09. The van der Waals surface area contributed by atoms with Gasteiger partial charge in [0.25, 0.3) is 0 Å². The molecule has 0 radical (unpaired) electrons. The van der Waals surface area contributed by atoms with Gasteiger partial charge in [-0.05, 0) is 25.5 Å². The van der Waals surface area contributed by atoms with E-state index >= 15 is 0 Å². The molecule has 106 valence electrons. The van der Waals surface area contributed by atoms with Crippen LogP contribution in [0.15, 0.2) is 24.3 Å². The molecule has 0 aliphatic heterocycles. The molecular formula is C14H15F2N3O. The molecule has 20 heavy (non-hydrogen) atoms. The van der Waals surface area contributed by atoms with Crippen molar-refractivity contribution in [2.45, 2.75) is 20.3 Å². The van der Waals surface area contributed by atoms with Gasteiger partial charge in [0.15, 0.2) is 11.6 Å². The van der Waals surface area contributed by atoms with Crippen molar-refractivity contribution < 1.29 is 13.5 Å². The van der Waals surface area contributed by atoms with Crippen molar-refractivity contribution in [1.82, 2.24) is 9.97 Å². The van der Waals surface area contributed by atoms with Crippen LogP contribution >= 0.6 is 0 Å². The van der Waals surface area contributed by atoms with E-state index in [9.17, 15) is 8.78 Å². The lowest BCUT2D eigenvalue weighted by Crippen LogP contribution is -2.06. The Balaban J connectivity index is 2.21. The summed E-state index contributed by atoms with van der Waals surface area (Å²) in [5, 5.41) is 3.03. The number of aryl methyl sites for hydroxylation is 1. The first-order valence-corrected chi connectivity index (χ1v) is 6.31. The average Bonchev–Trinajstić information content (AvgIpc) is 2.39. The van der Waals surface area contributed by atoms with Gasteiger partial charge in [-0.1, -0.05) is 6.92 Å². The first-order chi connectivity index (χ1) is 9.58. The Kier molecular flexibility index (Phi) is 4.45. The van der Waals surface area contributed by atoms with Crippen LogP contribution in [0.4, 0.5) is 14.7 Å². The Labute approximate surface area is 115 Å². The van der Waals surface area contributed by atoms with E-state index in [0.717, 1.165) is 25.1 Å². The van der Waals surface area contributed by atoms with Gasteiger partial charge in [-0.2, -0.15) is 4.98 Å². The molecular weight excluding hydrogens is 264 g/mol. The summed E-state index contributed by atoms with van der Waals surface area (Å²) in [5.74, 6) is -0.875. The van der Waals surface area contributed by atoms with E-state index in [4.69, 9.17) is 4.74 Å². The van der Waals surface area contributed by atoms with E-state index in [1.807, 2.05) is 6.92 Å². The van der Waals surface area contributed by atoms with Gasteiger partial charge in [-0.3, -0.25) is 0 Å². The molecule has 0 aliphatic carbocycles. The standard InChI is InChI=1S/C14H15F2N3O/c1-3-6-17-14-18-9(2)7-13(19-14)20-12-5-4-10(15)8-11(12)16/h4-5,7-8H,3,6H2,1-2H3,(H,17,18,19). The van der Waals surface area contributed by atoms with Crippen molar-refractivity contribution in [2.75, 3.05) is 11.9 Å². The number of hydrogen-bond donors (Lipinski definition) is 1. The minimum Gasteiger partial charge on any atom is -0.436 e. The van der Waals surface area contributed by atoms with Crippen molar-refractivity contribution >= 4 is 5.95 Å². The van der Waals surface area contributed by atoms with E-state index < -0.39 is 11.6 Å². The first kappa shape index (κ1) is 14.2. The summed E-state index contributed by atoms with van der Waals surface area (Å²) in [6, 6.07) is 4.70. The second-order valence-electron chi connectivity index (χ2n) is 4.27. The number of hydrogen-bond acceptors (Lipinski definition) is 4. The van der Waals surface area contributed by atoms with Crippen molar-refractivity contribution in [1.29, 1.82) is 0 Å². The highest BCUT2D eigenvalue weighted by atomic mass is 19.1. The lowest BCUT2D eigenvalue weighted by atomic mass is 10.3. The highest BCUT2D eigenvalue weighted by Crippen LogP contribution is 2.24. The molecule has 1 heterocycles. The molecule has 0 aliphatic rings. The third kappa shape index (κ3) is 3.63. The third-order valence-corrected chi connectivity index (χ3v) is 2.47. The zero-order valence-electron chi connectivity index (χ0n) is 11.3. The highest BCUT2D eigenvalue weighted by molar-refractivity contribution is 5.34. The van der Waals surface area contributed by atoms with Gasteiger partial charge in [0.05, 0.1) is 0 Å². The lowest BCUT2D eigenvalue weighted by molar-refractivity contribution is 0.423. The normalized spacial score (nSPS) is 10.4. The predicted octanol–water partition coefficient (Wildman–Crippen LogP) is 3.68. The smallest absolute Gasteiger partial charge is 0.226 e. The van der Waals surface area contributed by atoms with Gasteiger partial charge >= 0.3 is 0 Å². The van der Waals surface area contributed by atoms with Crippen LogP contribution in [0.3, 0.4) is 0 Å². The Morgan fingerprint density at radius 1 is 1.20 bits per heavy atom. The van der Waals surface area contributed by atoms with Crippen LogP contribution in [-0.2, 0) is 0 Å². The fraction of sp³-hybridized carbons (Fsp3) is 0.286. The Hall–Kier alpha value is -2.24. The van der Waals surface area contributed by atoms with Crippen LogP contribution in [0.1, 0.15) is 19.0 Å². The maximum absolute atomic E-state index is 13.5. The topological polar surface area (TPSA) is 47.0 Å². The number of benzene rings is 1. The molecule has 0 spiro atoms. The van der Waals surface area contributed by atoms with Crippen molar-refractivity contribution in [2.24, 2.45) is 0 Å². The van der Waals surface area contributed by atoms with Crippen LogP contribution in [0.2, 0.25) is 0 Å². The first-order valence-electron chi connectivity index (χ1n) is 6.31. The molecule has 0 atom stereocenters. The molecule has 4 nitrogen and oxygen atoms in total. The number of nitrogens with zero attached hydrogens (tertiary/aromatic N) is 2. The van der Waals surface area contributed by atoms with E-state index in [2.05, 4.69) is 15.3 Å². The van der Waals surface area contributed by atoms with Gasteiger partial charge in [-0.15, -0.1) is 0 Å².